The molecule has 1 unspecified atom stereocenters. The first-order chi connectivity index (χ1) is 13.2. The van der Waals surface area contributed by atoms with Gasteiger partial charge in [-0.2, -0.15) is 0 Å². The van der Waals surface area contributed by atoms with E-state index in [9.17, 15) is 23.2 Å². The quantitative estimate of drug-likeness (QED) is 0.773. The maximum Gasteiger partial charge on any atom is 0.325 e. The Bertz CT molecular complexity index is 963. The lowest BCUT2D eigenvalue weighted by atomic mass is 9.92. The van der Waals surface area contributed by atoms with Crippen LogP contribution in [-0.4, -0.2) is 29.3 Å². The summed E-state index contributed by atoms with van der Waals surface area (Å²) in [5.74, 6) is -3.41. The maximum atomic E-state index is 13.6. The van der Waals surface area contributed by atoms with Gasteiger partial charge in [-0.1, -0.05) is 30.3 Å². The van der Waals surface area contributed by atoms with Gasteiger partial charge >= 0.3 is 6.03 Å². The van der Waals surface area contributed by atoms with Gasteiger partial charge in [-0.3, -0.25) is 14.5 Å². The molecule has 2 N–H and O–H groups in total. The highest BCUT2D eigenvalue weighted by Crippen LogP contribution is 2.29. The number of benzene rings is 2. The molecule has 3 rings (SSSR count). The molecule has 1 aliphatic heterocycles. The molecule has 4 amide bonds. The summed E-state index contributed by atoms with van der Waals surface area (Å²) >= 11 is 0. The summed E-state index contributed by atoms with van der Waals surface area (Å²) in [5, 5.41) is 5.12. The molecular formula is C20H19F2N3O3. The normalized spacial score (nSPS) is 18.9. The van der Waals surface area contributed by atoms with E-state index in [2.05, 4.69) is 10.6 Å². The molecule has 2 aromatic carbocycles. The van der Waals surface area contributed by atoms with Crippen LogP contribution in [0.2, 0.25) is 0 Å². The van der Waals surface area contributed by atoms with Crippen molar-refractivity contribution in [3.8, 4) is 0 Å². The van der Waals surface area contributed by atoms with E-state index in [-0.39, 0.29) is 12.1 Å². The second-order valence-corrected chi connectivity index (χ2v) is 6.78. The minimum atomic E-state index is -1.58. The standard InChI is InChI=1S/C20H19F2N3O3/c1-12-5-3-4-6-13(12)10-23-17(26)11-25-18(27)20(2,24-19(25)28)14-7-8-15(21)16(22)9-14/h3-9H,10-11H2,1-2H3,(H,23,26)(H,24,28). The molecular weight excluding hydrogens is 368 g/mol. The largest absolute Gasteiger partial charge is 0.350 e. The van der Waals surface area contributed by atoms with E-state index in [0.29, 0.717) is 0 Å². The minimum absolute atomic E-state index is 0.0903. The Balaban J connectivity index is 1.70. The summed E-state index contributed by atoms with van der Waals surface area (Å²) in [7, 11) is 0. The molecule has 0 radical (unpaired) electrons. The molecule has 0 bridgehead atoms. The van der Waals surface area contributed by atoms with Crippen LogP contribution in [-0.2, 0) is 21.7 Å². The van der Waals surface area contributed by atoms with Gasteiger partial charge in [0.05, 0.1) is 0 Å². The average Bonchev–Trinajstić information content (AvgIpc) is 2.87. The van der Waals surface area contributed by atoms with Crippen molar-refractivity contribution in [2.24, 2.45) is 0 Å². The molecule has 0 saturated carbocycles. The number of rotatable bonds is 5. The third kappa shape index (κ3) is 3.58. The number of nitrogens with one attached hydrogen (secondary N) is 2. The van der Waals surface area contributed by atoms with Gasteiger partial charge in [0.1, 0.15) is 12.1 Å². The van der Waals surface area contributed by atoms with E-state index in [1.165, 1.54) is 13.0 Å². The molecule has 146 valence electrons. The first kappa shape index (κ1) is 19.5. The van der Waals surface area contributed by atoms with E-state index in [0.717, 1.165) is 28.2 Å². The highest BCUT2D eigenvalue weighted by Gasteiger charge is 2.49. The number of halogens is 2. The van der Waals surface area contributed by atoms with Gasteiger partial charge in [0.2, 0.25) is 5.91 Å². The van der Waals surface area contributed by atoms with E-state index in [1.807, 2.05) is 31.2 Å². The molecule has 28 heavy (non-hydrogen) atoms. The van der Waals surface area contributed by atoms with Crippen molar-refractivity contribution in [2.75, 3.05) is 6.54 Å². The number of aryl methyl sites for hydroxylation is 1. The van der Waals surface area contributed by atoms with Gasteiger partial charge in [0, 0.05) is 6.54 Å². The topological polar surface area (TPSA) is 78.5 Å². The van der Waals surface area contributed by atoms with Crippen molar-refractivity contribution >= 4 is 17.8 Å². The average molecular weight is 387 g/mol. The number of amides is 4. The smallest absolute Gasteiger partial charge is 0.325 e. The Hall–Kier alpha value is -3.29. The number of urea groups is 1. The van der Waals surface area contributed by atoms with Gasteiger partial charge < -0.3 is 10.6 Å². The lowest BCUT2D eigenvalue weighted by Gasteiger charge is -2.22. The monoisotopic (exact) mass is 387 g/mol. The molecule has 1 saturated heterocycles. The molecule has 6 nitrogen and oxygen atoms in total. The van der Waals surface area contributed by atoms with E-state index in [1.54, 1.807) is 0 Å². The van der Waals surface area contributed by atoms with Crippen LogP contribution < -0.4 is 10.6 Å². The summed E-state index contributed by atoms with van der Waals surface area (Å²) in [4.78, 5) is 38.0. The molecule has 8 heteroatoms. The Kier molecular flexibility index (Phi) is 5.13. The van der Waals surface area contributed by atoms with Crippen LogP contribution in [0.3, 0.4) is 0 Å². The second-order valence-electron chi connectivity index (χ2n) is 6.78. The van der Waals surface area contributed by atoms with E-state index >= 15 is 0 Å². The summed E-state index contributed by atoms with van der Waals surface area (Å²) in [5.41, 5.74) is 0.429. The van der Waals surface area contributed by atoms with Crippen molar-refractivity contribution in [3.05, 3.63) is 70.8 Å². The Morgan fingerprint density at radius 1 is 1.14 bits per heavy atom. The molecule has 0 aromatic heterocycles. The lowest BCUT2D eigenvalue weighted by Crippen LogP contribution is -2.43. The summed E-state index contributed by atoms with van der Waals surface area (Å²) in [6, 6.07) is 9.69. The summed E-state index contributed by atoms with van der Waals surface area (Å²) < 4.78 is 26.7. The number of hydrogen-bond acceptors (Lipinski definition) is 3. The SMILES string of the molecule is Cc1ccccc1CNC(=O)CN1C(=O)NC(C)(c2ccc(F)c(F)c2)C1=O. The zero-order chi connectivity index (χ0) is 20.5. The summed E-state index contributed by atoms with van der Waals surface area (Å²) in [6.07, 6.45) is 0. The van der Waals surface area contributed by atoms with Gasteiger partial charge in [-0.05, 0) is 42.7 Å². The van der Waals surface area contributed by atoms with Gasteiger partial charge in [-0.15, -0.1) is 0 Å². The third-order valence-electron chi connectivity index (χ3n) is 4.81. The fourth-order valence-corrected chi connectivity index (χ4v) is 3.05. The number of hydrogen-bond donors (Lipinski definition) is 2. The maximum absolute atomic E-state index is 13.6. The molecule has 0 aliphatic carbocycles. The van der Waals surface area contributed by atoms with Crippen molar-refractivity contribution in [1.82, 2.24) is 15.5 Å². The molecule has 1 atom stereocenters. The minimum Gasteiger partial charge on any atom is -0.350 e. The van der Waals surface area contributed by atoms with Gasteiger partial charge in [-0.25, -0.2) is 13.6 Å². The second kappa shape index (κ2) is 7.38. The predicted molar refractivity (Wildman–Crippen MR) is 97.0 cm³/mol. The van der Waals surface area contributed by atoms with E-state index < -0.39 is 41.6 Å². The van der Waals surface area contributed by atoms with Gasteiger partial charge in [0.25, 0.3) is 5.91 Å². The molecule has 2 aromatic rings. The predicted octanol–water partition coefficient (Wildman–Crippen LogP) is 2.36. The lowest BCUT2D eigenvalue weighted by molar-refractivity contribution is -0.134. The van der Waals surface area contributed by atoms with E-state index in [4.69, 9.17) is 0 Å². The van der Waals surface area contributed by atoms with Crippen molar-refractivity contribution in [1.29, 1.82) is 0 Å². The number of carbonyl (C=O) groups excluding carboxylic acids is 3. The Morgan fingerprint density at radius 2 is 1.86 bits per heavy atom. The highest BCUT2D eigenvalue weighted by molar-refractivity contribution is 6.09. The Labute approximate surface area is 160 Å². The van der Waals surface area contributed by atoms with Crippen molar-refractivity contribution in [2.45, 2.75) is 25.9 Å². The van der Waals surface area contributed by atoms with Crippen LogP contribution >= 0.6 is 0 Å². The zero-order valence-electron chi connectivity index (χ0n) is 15.4. The highest BCUT2D eigenvalue weighted by atomic mass is 19.2. The van der Waals surface area contributed by atoms with Crippen LogP contribution in [0.5, 0.6) is 0 Å². The van der Waals surface area contributed by atoms with Crippen molar-refractivity contribution < 1.29 is 23.2 Å². The van der Waals surface area contributed by atoms with Gasteiger partial charge in [0.15, 0.2) is 11.6 Å². The van der Waals surface area contributed by atoms with Crippen LogP contribution in [0, 0.1) is 18.6 Å². The fraction of sp³-hybridized carbons (Fsp3) is 0.250. The fourth-order valence-electron chi connectivity index (χ4n) is 3.05. The Morgan fingerprint density at radius 3 is 2.54 bits per heavy atom. The van der Waals surface area contributed by atoms with Crippen LogP contribution in [0.4, 0.5) is 13.6 Å². The third-order valence-corrected chi connectivity index (χ3v) is 4.81. The zero-order valence-corrected chi connectivity index (χ0v) is 15.4. The molecule has 0 spiro atoms. The molecule has 1 fully saturated rings. The first-order valence-electron chi connectivity index (χ1n) is 8.63. The molecule has 1 aliphatic rings. The van der Waals surface area contributed by atoms with Crippen molar-refractivity contribution in [3.63, 3.8) is 0 Å². The number of carbonyl (C=O) groups is 3. The molecule has 1 heterocycles. The van der Waals surface area contributed by atoms with Crippen LogP contribution in [0.15, 0.2) is 42.5 Å². The number of nitrogens with zero attached hydrogens (tertiary/aromatic N) is 1. The number of imide groups is 1. The van der Waals surface area contributed by atoms with Crippen LogP contribution in [0.1, 0.15) is 23.6 Å². The first-order valence-corrected chi connectivity index (χ1v) is 8.63. The summed E-state index contributed by atoms with van der Waals surface area (Å²) in [6.45, 7) is 3.07. The van der Waals surface area contributed by atoms with Crippen LogP contribution in [0.25, 0.3) is 0 Å².